The number of hydrogen-bond donors (Lipinski definition) is 1. The third-order valence-electron chi connectivity index (χ3n) is 2.11. The van der Waals surface area contributed by atoms with E-state index in [0.29, 0.717) is 6.42 Å². The number of hydrogen-bond acceptors (Lipinski definition) is 1. The van der Waals surface area contributed by atoms with Crippen LogP contribution in [0.25, 0.3) is 0 Å². The summed E-state index contributed by atoms with van der Waals surface area (Å²) in [5, 5.41) is 8.42. The highest BCUT2D eigenvalue weighted by atomic mass is 19.1. The van der Waals surface area contributed by atoms with Gasteiger partial charge in [-0.2, -0.15) is 0 Å². The third-order valence-corrected chi connectivity index (χ3v) is 2.11. The van der Waals surface area contributed by atoms with E-state index in [-0.39, 0.29) is 11.7 Å². The molecule has 3 heteroatoms. The summed E-state index contributed by atoms with van der Waals surface area (Å²) >= 11 is 0. The smallest absolute Gasteiger partial charge is 0.327 e. The maximum atomic E-state index is 12.7. The lowest BCUT2D eigenvalue weighted by molar-refractivity contribution is -0.131. The van der Waals surface area contributed by atoms with Gasteiger partial charge in [0.15, 0.2) is 0 Å². The molecule has 1 rings (SSSR count). The van der Waals surface area contributed by atoms with Gasteiger partial charge in [-0.25, -0.2) is 9.18 Å². The Morgan fingerprint density at radius 2 is 2.12 bits per heavy atom. The quantitative estimate of drug-likeness (QED) is 0.623. The largest absolute Gasteiger partial charge is 0.478 e. The van der Waals surface area contributed by atoms with Crippen LogP contribution < -0.4 is 0 Å². The molecule has 82 valence electrons. The van der Waals surface area contributed by atoms with E-state index in [4.69, 9.17) is 11.5 Å². The number of carboxylic acids is 1. The lowest BCUT2D eigenvalue weighted by atomic mass is 9.96. The van der Waals surface area contributed by atoms with Crippen molar-refractivity contribution in [3.63, 3.8) is 0 Å². The van der Waals surface area contributed by atoms with Gasteiger partial charge in [-0.15, -0.1) is 6.42 Å². The van der Waals surface area contributed by atoms with E-state index in [1.54, 1.807) is 12.1 Å². The number of carboxylic acid groups (broad SMARTS) is 1. The van der Waals surface area contributed by atoms with Gasteiger partial charge in [0, 0.05) is 12.0 Å². The molecule has 1 atom stereocenters. The maximum Gasteiger partial charge on any atom is 0.327 e. The highest BCUT2D eigenvalue weighted by Gasteiger charge is 2.06. The van der Waals surface area contributed by atoms with E-state index in [1.165, 1.54) is 18.2 Å². The first-order valence-electron chi connectivity index (χ1n) is 4.74. The van der Waals surface area contributed by atoms with Crippen LogP contribution in [0.1, 0.15) is 17.9 Å². The molecule has 0 aromatic heterocycles. The minimum atomic E-state index is -1.00. The molecule has 0 aliphatic rings. The van der Waals surface area contributed by atoms with Gasteiger partial charge in [0.2, 0.25) is 0 Å². The van der Waals surface area contributed by atoms with Crippen molar-refractivity contribution in [3.05, 3.63) is 47.8 Å². The second-order valence-corrected chi connectivity index (χ2v) is 3.25. The van der Waals surface area contributed by atoms with E-state index >= 15 is 0 Å². The van der Waals surface area contributed by atoms with E-state index in [2.05, 4.69) is 5.92 Å². The Labute approximate surface area is 93.4 Å². The van der Waals surface area contributed by atoms with Gasteiger partial charge < -0.3 is 5.11 Å². The molecular formula is C13H11FO2. The van der Waals surface area contributed by atoms with Crippen molar-refractivity contribution in [2.45, 2.75) is 12.3 Å². The topological polar surface area (TPSA) is 37.3 Å². The molecule has 0 amide bonds. The van der Waals surface area contributed by atoms with Crippen molar-refractivity contribution in [2.24, 2.45) is 0 Å². The Kier molecular flexibility index (Phi) is 4.28. The molecule has 0 saturated heterocycles. The van der Waals surface area contributed by atoms with Crippen molar-refractivity contribution in [2.75, 3.05) is 0 Å². The molecule has 0 heterocycles. The zero-order chi connectivity index (χ0) is 12.0. The Hall–Kier alpha value is -2.08. The summed E-state index contributed by atoms with van der Waals surface area (Å²) in [5.41, 5.74) is 0.805. The predicted molar refractivity (Wildman–Crippen MR) is 59.4 cm³/mol. The molecule has 0 spiro atoms. The molecule has 0 saturated carbocycles. The number of allylic oxidation sites excluding steroid dienone is 1. The zero-order valence-corrected chi connectivity index (χ0v) is 8.56. The molecular weight excluding hydrogens is 207 g/mol. The van der Waals surface area contributed by atoms with Crippen LogP contribution in [0.15, 0.2) is 36.4 Å². The second-order valence-electron chi connectivity index (χ2n) is 3.25. The molecule has 1 aromatic carbocycles. The monoisotopic (exact) mass is 218 g/mol. The van der Waals surface area contributed by atoms with Crippen molar-refractivity contribution in [1.29, 1.82) is 0 Å². The molecule has 1 unspecified atom stereocenters. The van der Waals surface area contributed by atoms with Gasteiger partial charge >= 0.3 is 5.97 Å². The molecule has 0 aliphatic heterocycles. The minimum Gasteiger partial charge on any atom is -0.478 e. The normalized spacial score (nSPS) is 12.2. The van der Waals surface area contributed by atoms with Crippen molar-refractivity contribution < 1.29 is 14.3 Å². The standard InChI is InChI=1S/C13H11FO2/c1-2-10(4-3-5-13(15)16)11-6-8-12(14)9-7-11/h1,3,5-10H,4H2,(H,15,16)/b5-3+. The van der Waals surface area contributed by atoms with E-state index in [1.807, 2.05) is 0 Å². The average molecular weight is 218 g/mol. The van der Waals surface area contributed by atoms with Crippen LogP contribution in [0.5, 0.6) is 0 Å². The lowest BCUT2D eigenvalue weighted by Gasteiger charge is -2.07. The van der Waals surface area contributed by atoms with Crippen LogP contribution in [-0.2, 0) is 4.79 Å². The van der Waals surface area contributed by atoms with Gasteiger partial charge in [0.05, 0.1) is 0 Å². The SMILES string of the molecule is C#CC(C/C=C/C(=O)O)c1ccc(F)cc1. The van der Waals surface area contributed by atoms with E-state index in [0.717, 1.165) is 11.6 Å². The van der Waals surface area contributed by atoms with Gasteiger partial charge in [-0.05, 0) is 24.1 Å². The lowest BCUT2D eigenvalue weighted by Crippen LogP contribution is -1.95. The average Bonchev–Trinajstić information content (AvgIpc) is 2.26. The molecule has 16 heavy (non-hydrogen) atoms. The molecule has 0 bridgehead atoms. The summed E-state index contributed by atoms with van der Waals surface area (Å²) in [4.78, 5) is 10.3. The first-order chi connectivity index (χ1) is 7.63. The van der Waals surface area contributed by atoms with Crippen LogP contribution in [0, 0.1) is 18.2 Å². The summed E-state index contributed by atoms with van der Waals surface area (Å²) in [6.07, 6.45) is 8.31. The van der Waals surface area contributed by atoms with Crippen LogP contribution in [-0.4, -0.2) is 11.1 Å². The molecule has 0 radical (unpaired) electrons. The van der Waals surface area contributed by atoms with E-state index in [9.17, 15) is 9.18 Å². The van der Waals surface area contributed by atoms with Crippen LogP contribution in [0.4, 0.5) is 4.39 Å². The molecule has 2 nitrogen and oxygen atoms in total. The Balaban J connectivity index is 2.72. The maximum absolute atomic E-state index is 12.7. The number of carbonyl (C=O) groups is 1. The van der Waals surface area contributed by atoms with E-state index < -0.39 is 5.97 Å². The fourth-order valence-corrected chi connectivity index (χ4v) is 1.30. The highest BCUT2D eigenvalue weighted by molar-refractivity contribution is 5.79. The van der Waals surface area contributed by atoms with Gasteiger partial charge in [0.1, 0.15) is 5.82 Å². The number of aliphatic carboxylic acids is 1. The summed E-state index contributed by atoms with van der Waals surface area (Å²) in [6, 6.07) is 5.88. The third kappa shape index (κ3) is 3.58. The van der Waals surface area contributed by atoms with Crippen molar-refractivity contribution in [1.82, 2.24) is 0 Å². The fraction of sp³-hybridized carbons (Fsp3) is 0.154. The minimum absolute atomic E-state index is 0.226. The summed E-state index contributed by atoms with van der Waals surface area (Å²) in [5.74, 6) is 0.996. The number of rotatable bonds is 4. The first-order valence-corrected chi connectivity index (χ1v) is 4.74. The Morgan fingerprint density at radius 1 is 1.50 bits per heavy atom. The fourth-order valence-electron chi connectivity index (χ4n) is 1.30. The van der Waals surface area contributed by atoms with Crippen LogP contribution >= 0.6 is 0 Å². The predicted octanol–water partition coefficient (Wildman–Crippen LogP) is 2.57. The Bertz CT molecular complexity index is 426. The zero-order valence-electron chi connectivity index (χ0n) is 8.56. The molecule has 1 aromatic rings. The Morgan fingerprint density at radius 3 is 2.62 bits per heavy atom. The summed E-state index contributed by atoms with van der Waals surface area (Å²) in [6.45, 7) is 0. The molecule has 0 fully saturated rings. The van der Waals surface area contributed by atoms with Crippen molar-refractivity contribution >= 4 is 5.97 Å². The van der Waals surface area contributed by atoms with Crippen LogP contribution in [0.2, 0.25) is 0 Å². The molecule has 0 aliphatic carbocycles. The van der Waals surface area contributed by atoms with Crippen LogP contribution in [0.3, 0.4) is 0 Å². The number of terminal acetylenes is 1. The molecule has 1 N–H and O–H groups in total. The highest BCUT2D eigenvalue weighted by Crippen LogP contribution is 2.19. The van der Waals surface area contributed by atoms with Crippen molar-refractivity contribution in [3.8, 4) is 12.3 Å². The van der Waals surface area contributed by atoms with Gasteiger partial charge in [-0.1, -0.05) is 24.1 Å². The summed E-state index contributed by atoms with van der Waals surface area (Å²) in [7, 11) is 0. The summed E-state index contributed by atoms with van der Waals surface area (Å²) < 4.78 is 12.7. The second kappa shape index (κ2) is 5.72. The number of benzene rings is 1. The first kappa shape index (κ1) is 12.0. The van der Waals surface area contributed by atoms with Gasteiger partial charge in [0.25, 0.3) is 0 Å². The van der Waals surface area contributed by atoms with Gasteiger partial charge in [-0.3, -0.25) is 0 Å². The number of halogens is 1.